The first-order chi connectivity index (χ1) is 5.82. The van der Waals surface area contributed by atoms with Crippen LogP contribution in [0.2, 0.25) is 0 Å². The molecule has 0 saturated carbocycles. The summed E-state index contributed by atoms with van der Waals surface area (Å²) < 4.78 is 0. The molecule has 0 atom stereocenters. The normalized spacial score (nSPS) is 11.6. The Bertz CT molecular complexity index is 334. The fourth-order valence-corrected chi connectivity index (χ4v) is 1.05. The minimum atomic E-state index is -0.996. The van der Waals surface area contributed by atoms with Crippen LogP contribution in [0.15, 0.2) is 6.07 Å². The Labute approximate surface area is 76.8 Å². The SMILES string of the molecule is CC(C)(C)c1cc(C(=O)O)c(N)[nH]1. The van der Waals surface area contributed by atoms with Crippen LogP contribution < -0.4 is 5.73 Å². The number of hydrogen-bond donors (Lipinski definition) is 3. The first-order valence-corrected chi connectivity index (χ1v) is 4.04. The smallest absolute Gasteiger partial charge is 0.339 e. The van der Waals surface area contributed by atoms with E-state index >= 15 is 0 Å². The second-order valence-corrected chi connectivity index (χ2v) is 4.07. The zero-order chi connectivity index (χ0) is 10.2. The molecule has 4 heteroatoms. The molecule has 0 unspecified atom stereocenters. The van der Waals surface area contributed by atoms with Gasteiger partial charge in [0.2, 0.25) is 0 Å². The number of carbonyl (C=O) groups is 1. The summed E-state index contributed by atoms with van der Waals surface area (Å²) in [5.74, 6) is -0.776. The number of anilines is 1. The zero-order valence-corrected chi connectivity index (χ0v) is 8.01. The van der Waals surface area contributed by atoms with Crippen LogP contribution in [-0.4, -0.2) is 16.1 Å². The number of carboxylic acids is 1. The fraction of sp³-hybridized carbons (Fsp3) is 0.444. The summed E-state index contributed by atoms with van der Waals surface area (Å²) in [5.41, 5.74) is 6.37. The molecule has 1 rings (SSSR count). The lowest BCUT2D eigenvalue weighted by molar-refractivity contribution is 0.0698. The molecule has 0 radical (unpaired) electrons. The minimum absolute atomic E-state index is 0.109. The van der Waals surface area contributed by atoms with Crippen molar-refractivity contribution in [2.24, 2.45) is 0 Å². The summed E-state index contributed by atoms with van der Waals surface area (Å²) in [7, 11) is 0. The number of aromatic nitrogens is 1. The van der Waals surface area contributed by atoms with Gasteiger partial charge in [0, 0.05) is 11.1 Å². The molecule has 1 aromatic heterocycles. The molecule has 1 aromatic rings. The summed E-state index contributed by atoms with van der Waals surface area (Å²) in [6.07, 6.45) is 0. The molecule has 1 heterocycles. The third kappa shape index (κ3) is 1.83. The Kier molecular flexibility index (Phi) is 2.07. The van der Waals surface area contributed by atoms with Crippen molar-refractivity contribution < 1.29 is 9.90 Å². The van der Waals surface area contributed by atoms with E-state index in [1.54, 1.807) is 6.07 Å². The maximum Gasteiger partial charge on any atom is 0.339 e. The van der Waals surface area contributed by atoms with E-state index in [4.69, 9.17) is 10.8 Å². The Morgan fingerprint density at radius 2 is 2.08 bits per heavy atom. The first-order valence-electron chi connectivity index (χ1n) is 4.04. The highest BCUT2D eigenvalue weighted by Gasteiger charge is 2.20. The van der Waals surface area contributed by atoms with Gasteiger partial charge < -0.3 is 15.8 Å². The lowest BCUT2D eigenvalue weighted by atomic mass is 9.92. The van der Waals surface area contributed by atoms with Crippen molar-refractivity contribution >= 4 is 11.8 Å². The van der Waals surface area contributed by atoms with Crippen molar-refractivity contribution in [1.82, 2.24) is 4.98 Å². The van der Waals surface area contributed by atoms with E-state index in [9.17, 15) is 4.79 Å². The highest BCUT2D eigenvalue weighted by molar-refractivity contribution is 5.93. The Morgan fingerprint density at radius 3 is 2.31 bits per heavy atom. The summed E-state index contributed by atoms with van der Waals surface area (Å²) in [6, 6.07) is 1.58. The fourth-order valence-electron chi connectivity index (χ4n) is 1.05. The van der Waals surface area contributed by atoms with E-state index in [1.165, 1.54) is 0 Å². The van der Waals surface area contributed by atoms with Crippen molar-refractivity contribution in [3.63, 3.8) is 0 Å². The van der Waals surface area contributed by atoms with Gasteiger partial charge in [-0.3, -0.25) is 0 Å². The van der Waals surface area contributed by atoms with Gasteiger partial charge in [0.15, 0.2) is 0 Å². The Morgan fingerprint density at radius 1 is 1.54 bits per heavy atom. The van der Waals surface area contributed by atoms with Crippen molar-refractivity contribution in [1.29, 1.82) is 0 Å². The van der Waals surface area contributed by atoms with Gasteiger partial charge in [-0.15, -0.1) is 0 Å². The number of aromatic amines is 1. The summed E-state index contributed by atoms with van der Waals surface area (Å²) in [5, 5.41) is 8.74. The highest BCUT2D eigenvalue weighted by atomic mass is 16.4. The number of nitrogens with one attached hydrogen (secondary N) is 1. The molecule has 0 aliphatic carbocycles. The number of nitrogens with two attached hydrogens (primary N) is 1. The number of H-pyrrole nitrogens is 1. The molecule has 0 amide bonds. The second kappa shape index (κ2) is 2.80. The Hall–Kier alpha value is -1.45. The molecular weight excluding hydrogens is 168 g/mol. The number of hydrogen-bond acceptors (Lipinski definition) is 2. The van der Waals surface area contributed by atoms with Crippen molar-refractivity contribution in [3.05, 3.63) is 17.3 Å². The third-order valence-corrected chi connectivity index (χ3v) is 1.89. The monoisotopic (exact) mass is 182 g/mol. The van der Waals surface area contributed by atoms with Crippen molar-refractivity contribution in [2.75, 3.05) is 5.73 Å². The van der Waals surface area contributed by atoms with Crippen LogP contribution in [0.5, 0.6) is 0 Å². The average Bonchev–Trinajstić information content (AvgIpc) is 2.29. The molecule has 0 fully saturated rings. The van der Waals surface area contributed by atoms with Gasteiger partial charge in [0.25, 0.3) is 0 Å². The molecule has 13 heavy (non-hydrogen) atoms. The largest absolute Gasteiger partial charge is 0.478 e. The number of aromatic carboxylic acids is 1. The highest BCUT2D eigenvalue weighted by Crippen LogP contribution is 2.24. The molecule has 0 aromatic carbocycles. The summed E-state index contributed by atoms with van der Waals surface area (Å²) >= 11 is 0. The first kappa shape index (κ1) is 9.64. The molecule has 0 aliphatic rings. The van der Waals surface area contributed by atoms with Crippen LogP contribution in [0.1, 0.15) is 36.8 Å². The molecule has 0 saturated heterocycles. The van der Waals surface area contributed by atoms with Gasteiger partial charge in [-0.05, 0) is 6.07 Å². The maximum atomic E-state index is 10.7. The maximum absolute atomic E-state index is 10.7. The topological polar surface area (TPSA) is 79.1 Å². The van der Waals surface area contributed by atoms with Crippen LogP contribution in [-0.2, 0) is 5.41 Å². The quantitative estimate of drug-likeness (QED) is 0.617. The molecule has 0 aliphatic heterocycles. The van der Waals surface area contributed by atoms with Gasteiger partial charge in [0.1, 0.15) is 11.4 Å². The summed E-state index contributed by atoms with van der Waals surface area (Å²) in [4.78, 5) is 13.5. The van der Waals surface area contributed by atoms with Gasteiger partial charge >= 0.3 is 5.97 Å². The standard InChI is InChI=1S/C9H14N2O2/c1-9(2,3)6-4-5(8(12)13)7(10)11-6/h4,11H,10H2,1-3H3,(H,12,13). The molecule has 0 bridgehead atoms. The van der Waals surface area contributed by atoms with E-state index in [-0.39, 0.29) is 16.8 Å². The molecule has 4 N–H and O–H groups in total. The van der Waals surface area contributed by atoms with Gasteiger partial charge in [-0.2, -0.15) is 0 Å². The second-order valence-electron chi connectivity index (χ2n) is 4.07. The lowest BCUT2D eigenvalue weighted by Gasteiger charge is -2.15. The molecule has 4 nitrogen and oxygen atoms in total. The molecule has 0 spiro atoms. The minimum Gasteiger partial charge on any atom is -0.478 e. The summed E-state index contributed by atoms with van der Waals surface area (Å²) in [6.45, 7) is 5.97. The Balaban J connectivity index is 3.17. The zero-order valence-electron chi connectivity index (χ0n) is 8.01. The lowest BCUT2D eigenvalue weighted by Crippen LogP contribution is -2.11. The van der Waals surface area contributed by atoms with E-state index in [1.807, 2.05) is 20.8 Å². The predicted molar refractivity (Wildman–Crippen MR) is 50.9 cm³/mol. The van der Waals surface area contributed by atoms with E-state index in [0.29, 0.717) is 0 Å². The van der Waals surface area contributed by atoms with Gasteiger partial charge in [-0.25, -0.2) is 4.79 Å². The van der Waals surface area contributed by atoms with Crippen LogP contribution in [0, 0.1) is 0 Å². The number of rotatable bonds is 1. The van der Waals surface area contributed by atoms with Crippen molar-refractivity contribution in [3.8, 4) is 0 Å². The molecular formula is C9H14N2O2. The van der Waals surface area contributed by atoms with Crippen LogP contribution >= 0.6 is 0 Å². The molecule has 72 valence electrons. The van der Waals surface area contributed by atoms with Crippen LogP contribution in [0.25, 0.3) is 0 Å². The van der Waals surface area contributed by atoms with E-state index < -0.39 is 5.97 Å². The number of nitrogen functional groups attached to an aromatic ring is 1. The van der Waals surface area contributed by atoms with Crippen molar-refractivity contribution in [2.45, 2.75) is 26.2 Å². The van der Waals surface area contributed by atoms with Gasteiger partial charge in [0.05, 0.1) is 0 Å². The van der Waals surface area contributed by atoms with E-state index in [0.717, 1.165) is 5.69 Å². The number of carboxylic acid groups (broad SMARTS) is 1. The van der Waals surface area contributed by atoms with E-state index in [2.05, 4.69) is 4.98 Å². The third-order valence-electron chi connectivity index (χ3n) is 1.89. The van der Waals surface area contributed by atoms with Crippen LogP contribution in [0.3, 0.4) is 0 Å². The average molecular weight is 182 g/mol. The van der Waals surface area contributed by atoms with Crippen LogP contribution in [0.4, 0.5) is 5.82 Å². The van der Waals surface area contributed by atoms with Gasteiger partial charge in [-0.1, -0.05) is 20.8 Å². The predicted octanol–water partition coefficient (Wildman–Crippen LogP) is 1.59.